The van der Waals surface area contributed by atoms with E-state index in [4.69, 9.17) is 5.11 Å². The first-order valence-electron chi connectivity index (χ1n) is 6.90. The number of hydrogen-bond acceptors (Lipinski definition) is 3. The van der Waals surface area contributed by atoms with Crippen molar-refractivity contribution < 1.29 is 15.0 Å². The fraction of sp³-hybridized carbons (Fsp3) is 0.438. The molecule has 0 saturated carbocycles. The molecule has 1 fully saturated rings. The molecule has 0 aromatic heterocycles. The Morgan fingerprint density at radius 2 is 2.00 bits per heavy atom. The summed E-state index contributed by atoms with van der Waals surface area (Å²) in [5.74, 6) is -0.936. The second kappa shape index (κ2) is 6.20. The summed E-state index contributed by atoms with van der Waals surface area (Å²) >= 11 is 0. The standard InChI is InChI=1S/C16H21NO3/c1-16(20)8-10-17(11-9-16)12-14-5-3-2-4-13(14)6-7-15(18)19/h2-7,20H,8-12H2,1H3,(H,18,19)/b7-6+. The highest BCUT2D eigenvalue weighted by molar-refractivity contribution is 5.85. The Kier molecular flexibility index (Phi) is 4.57. The van der Waals surface area contributed by atoms with E-state index in [2.05, 4.69) is 4.90 Å². The van der Waals surface area contributed by atoms with Gasteiger partial charge < -0.3 is 10.2 Å². The van der Waals surface area contributed by atoms with E-state index in [0.29, 0.717) is 0 Å². The van der Waals surface area contributed by atoms with E-state index in [1.54, 1.807) is 6.08 Å². The number of piperidine rings is 1. The summed E-state index contributed by atoms with van der Waals surface area (Å²) in [6.07, 6.45) is 4.36. The maximum Gasteiger partial charge on any atom is 0.328 e. The van der Waals surface area contributed by atoms with Crippen molar-refractivity contribution in [2.24, 2.45) is 0 Å². The van der Waals surface area contributed by atoms with E-state index in [9.17, 15) is 9.90 Å². The second-order valence-electron chi connectivity index (χ2n) is 5.64. The van der Waals surface area contributed by atoms with Gasteiger partial charge in [0.05, 0.1) is 5.60 Å². The van der Waals surface area contributed by atoms with E-state index in [-0.39, 0.29) is 0 Å². The van der Waals surface area contributed by atoms with Gasteiger partial charge in [0.25, 0.3) is 0 Å². The zero-order valence-corrected chi connectivity index (χ0v) is 11.7. The smallest absolute Gasteiger partial charge is 0.328 e. The SMILES string of the molecule is CC1(O)CCN(Cc2ccccc2/C=C/C(=O)O)CC1. The Bertz CT molecular complexity index is 498. The van der Waals surface area contributed by atoms with Crippen LogP contribution in [0.1, 0.15) is 30.9 Å². The van der Waals surface area contributed by atoms with Crippen LogP contribution in [0.2, 0.25) is 0 Å². The Balaban J connectivity index is 2.04. The Morgan fingerprint density at radius 1 is 1.35 bits per heavy atom. The van der Waals surface area contributed by atoms with Gasteiger partial charge in [0, 0.05) is 25.7 Å². The van der Waals surface area contributed by atoms with Crippen molar-refractivity contribution in [2.45, 2.75) is 31.9 Å². The van der Waals surface area contributed by atoms with Gasteiger partial charge in [0.15, 0.2) is 0 Å². The Labute approximate surface area is 119 Å². The number of hydrogen-bond donors (Lipinski definition) is 2. The van der Waals surface area contributed by atoms with Gasteiger partial charge in [-0.3, -0.25) is 4.90 Å². The molecule has 2 N–H and O–H groups in total. The van der Waals surface area contributed by atoms with Gasteiger partial charge in [0.2, 0.25) is 0 Å². The summed E-state index contributed by atoms with van der Waals surface area (Å²) in [5.41, 5.74) is 1.51. The maximum absolute atomic E-state index is 10.6. The number of carboxylic acids is 1. The molecule has 1 aromatic rings. The van der Waals surface area contributed by atoms with Gasteiger partial charge in [-0.2, -0.15) is 0 Å². The third-order valence-electron chi connectivity index (χ3n) is 3.79. The van der Waals surface area contributed by atoms with Crippen molar-refractivity contribution in [2.75, 3.05) is 13.1 Å². The van der Waals surface area contributed by atoms with Crippen LogP contribution in [-0.4, -0.2) is 39.8 Å². The van der Waals surface area contributed by atoms with Crippen LogP contribution in [0.15, 0.2) is 30.3 Å². The van der Waals surface area contributed by atoms with Gasteiger partial charge in [-0.25, -0.2) is 4.79 Å². The summed E-state index contributed by atoms with van der Waals surface area (Å²) in [4.78, 5) is 12.9. The molecular weight excluding hydrogens is 254 g/mol. The van der Waals surface area contributed by atoms with Gasteiger partial charge in [-0.15, -0.1) is 0 Å². The molecule has 1 saturated heterocycles. The molecule has 2 rings (SSSR count). The number of rotatable bonds is 4. The first kappa shape index (κ1) is 14.8. The van der Waals surface area contributed by atoms with Gasteiger partial charge in [-0.1, -0.05) is 24.3 Å². The quantitative estimate of drug-likeness (QED) is 0.826. The molecule has 0 spiro atoms. The molecule has 0 aliphatic carbocycles. The van der Waals surface area contributed by atoms with Crippen LogP contribution in [0.3, 0.4) is 0 Å². The minimum atomic E-state index is -0.936. The summed E-state index contributed by atoms with van der Waals surface area (Å²) in [6, 6.07) is 7.82. The van der Waals surface area contributed by atoms with Crippen LogP contribution in [-0.2, 0) is 11.3 Å². The summed E-state index contributed by atoms with van der Waals surface area (Å²) in [5, 5.41) is 18.7. The lowest BCUT2D eigenvalue weighted by atomic mass is 9.93. The molecule has 1 aliphatic rings. The molecule has 0 amide bonds. The molecule has 1 aromatic carbocycles. The number of likely N-dealkylation sites (tertiary alicyclic amines) is 1. The van der Waals surface area contributed by atoms with Crippen molar-refractivity contribution in [3.63, 3.8) is 0 Å². The third kappa shape index (κ3) is 4.18. The summed E-state index contributed by atoms with van der Waals surface area (Å²) < 4.78 is 0. The first-order valence-corrected chi connectivity index (χ1v) is 6.90. The van der Waals surface area contributed by atoms with Crippen LogP contribution in [0.5, 0.6) is 0 Å². The van der Waals surface area contributed by atoms with E-state index in [0.717, 1.165) is 43.6 Å². The number of aliphatic carboxylic acids is 1. The van der Waals surface area contributed by atoms with Crippen LogP contribution < -0.4 is 0 Å². The average molecular weight is 275 g/mol. The van der Waals surface area contributed by atoms with Crippen molar-refractivity contribution in [3.05, 3.63) is 41.5 Å². The molecule has 0 radical (unpaired) electrons. The molecule has 4 nitrogen and oxygen atoms in total. The second-order valence-corrected chi connectivity index (χ2v) is 5.64. The molecule has 20 heavy (non-hydrogen) atoms. The minimum absolute atomic E-state index is 0.542. The van der Waals surface area contributed by atoms with Crippen LogP contribution in [0.25, 0.3) is 6.08 Å². The van der Waals surface area contributed by atoms with E-state index in [1.165, 1.54) is 6.08 Å². The fourth-order valence-corrected chi connectivity index (χ4v) is 2.44. The molecular formula is C16H21NO3. The lowest BCUT2D eigenvalue weighted by Crippen LogP contribution is -2.42. The van der Waals surface area contributed by atoms with Crippen LogP contribution in [0.4, 0.5) is 0 Å². The average Bonchev–Trinajstić information content (AvgIpc) is 2.40. The van der Waals surface area contributed by atoms with Gasteiger partial charge in [0.1, 0.15) is 0 Å². The largest absolute Gasteiger partial charge is 0.478 e. The van der Waals surface area contributed by atoms with Crippen LogP contribution in [0, 0.1) is 0 Å². The lowest BCUT2D eigenvalue weighted by molar-refractivity contribution is -0.131. The molecule has 1 aliphatic heterocycles. The summed E-state index contributed by atoms with van der Waals surface area (Å²) in [6.45, 7) is 4.40. The molecule has 108 valence electrons. The topological polar surface area (TPSA) is 60.8 Å². The van der Waals surface area contributed by atoms with Crippen LogP contribution >= 0.6 is 0 Å². The zero-order chi connectivity index (χ0) is 14.6. The number of carbonyl (C=O) groups is 1. The fourth-order valence-electron chi connectivity index (χ4n) is 2.44. The van der Waals surface area contributed by atoms with E-state index in [1.807, 2.05) is 31.2 Å². The number of benzene rings is 1. The molecule has 0 atom stereocenters. The van der Waals surface area contributed by atoms with Crippen molar-refractivity contribution in [3.8, 4) is 0 Å². The molecule has 1 heterocycles. The number of nitrogens with zero attached hydrogens (tertiary/aromatic N) is 1. The zero-order valence-electron chi connectivity index (χ0n) is 11.7. The van der Waals surface area contributed by atoms with Crippen molar-refractivity contribution >= 4 is 12.0 Å². The predicted molar refractivity (Wildman–Crippen MR) is 78.2 cm³/mol. The molecule has 0 unspecified atom stereocenters. The van der Waals surface area contributed by atoms with Crippen molar-refractivity contribution in [1.82, 2.24) is 4.90 Å². The minimum Gasteiger partial charge on any atom is -0.478 e. The lowest BCUT2D eigenvalue weighted by Gasteiger charge is -2.36. The molecule has 0 bridgehead atoms. The normalized spacial score (nSPS) is 19.3. The highest BCUT2D eigenvalue weighted by atomic mass is 16.4. The highest BCUT2D eigenvalue weighted by Crippen LogP contribution is 2.23. The maximum atomic E-state index is 10.6. The number of carboxylic acid groups (broad SMARTS) is 1. The monoisotopic (exact) mass is 275 g/mol. The highest BCUT2D eigenvalue weighted by Gasteiger charge is 2.27. The first-order chi connectivity index (χ1) is 9.46. The summed E-state index contributed by atoms with van der Waals surface area (Å²) in [7, 11) is 0. The Hall–Kier alpha value is -1.65. The molecule has 4 heteroatoms. The number of aliphatic hydroxyl groups is 1. The van der Waals surface area contributed by atoms with Gasteiger partial charge >= 0.3 is 5.97 Å². The van der Waals surface area contributed by atoms with Crippen molar-refractivity contribution in [1.29, 1.82) is 0 Å². The van der Waals surface area contributed by atoms with E-state index < -0.39 is 11.6 Å². The van der Waals surface area contributed by atoms with Gasteiger partial charge in [-0.05, 0) is 37.0 Å². The Morgan fingerprint density at radius 3 is 2.65 bits per heavy atom. The predicted octanol–water partition coefficient (Wildman–Crippen LogP) is 2.13. The van der Waals surface area contributed by atoms with E-state index >= 15 is 0 Å². The third-order valence-corrected chi connectivity index (χ3v) is 3.79.